The van der Waals surface area contributed by atoms with Gasteiger partial charge in [0.25, 0.3) is 0 Å². The van der Waals surface area contributed by atoms with Crippen LogP contribution in [0.5, 0.6) is 0 Å². The Morgan fingerprint density at radius 3 is 2.94 bits per heavy atom. The average Bonchev–Trinajstić information content (AvgIpc) is 2.46. The second-order valence-corrected chi connectivity index (χ2v) is 4.70. The molecule has 4 nitrogen and oxygen atoms in total. The average molecular weight is 248 g/mol. The van der Waals surface area contributed by atoms with E-state index in [0.29, 0.717) is 12.1 Å². The van der Waals surface area contributed by atoms with E-state index in [1.165, 1.54) is 6.42 Å². The minimum absolute atomic E-state index is 0.0684. The molecule has 1 aromatic heterocycles. The Morgan fingerprint density at radius 1 is 1.50 bits per heavy atom. The summed E-state index contributed by atoms with van der Waals surface area (Å²) in [6.07, 6.45) is 5.56. The summed E-state index contributed by atoms with van der Waals surface area (Å²) < 4.78 is 0. The molecule has 18 heavy (non-hydrogen) atoms. The lowest BCUT2D eigenvalue weighted by atomic mass is 10.0. The molecule has 0 spiro atoms. The number of rotatable bonds is 4. The number of aromatic nitrogens is 1. The monoisotopic (exact) mass is 248 g/mol. The molecule has 0 saturated carbocycles. The third kappa shape index (κ3) is 2.70. The molecule has 0 aliphatic carbocycles. The van der Waals surface area contributed by atoms with E-state index in [1.54, 1.807) is 12.3 Å². The smallest absolute Gasteiger partial charge is 0.180 e. The van der Waals surface area contributed by atoms with Gasteiger partial charge in [0.2, 0.25) is 0 Å². The number of piperidine rings is 1. The number of aliphatic hydroxyl groups excluding tert-OH is 1. The zero-order valence-electron chi connectivity index (χ0n) is 10.8. The lowest BCUT2D eigenvalue weighted by Gasteiger charge is -2.36. The van der Waals surface area contributed by atoms with Crippen LogP contribution in [0.25, 0.3) is 0 Å². The van der Waals surface area contributed by atoms with Gasteiger partial charge in [-0.1, -0.05) is 6.92 Å². The van der Waals surface area contributed by atoms with Crippen LogP contribution >= 0.6 is 0 Å². The fraction of sp³-hybridized carbons (Fsp3) is 0.571. The largest absolute Gasteiger partial charge is 0.394 e. The summed E-state index contributed by atoms with van der Waals surface area (Å²) in [5.74, 6) is 0.0684. The Balaban J connectivity index is 2.15. The fourth-order valence-corrected chi connectivity index (χ4v) is 2.43. The maximum atomic E-state index is 11.5. The summed E-state index contributed by atoms with van der Waals surface area (Å²) in [6.45, 7) is 2.97. The van der Waals surface area contributed by atoms with Crippen LogP contribution in [0.3, 0.4) is 0 Å². The molecule has 98 valence electrons. The van der Waals surface area contributed by atoms with Crippen molar-refractivity contribution < 1.29 is 9.90 Å². The van der Waals surface area contributed by atoms with Crippen molar-refractivity contribution in [1.29, 1.82) is 0 Å². The zero-order chi connectivity index (χ0) is 13.0. The summed E-state index contributed by atoms with van der Waals surface area (Å²) in [7, 11) is 0. The van der Waals surface area contributed by atoms with Crippen molar-refractivity contribution in [1.82, 2.24) is 4.98 Å². The van der Waals surface area contributed by atoms with Crippen LogP contribution in [0.2, 0.25) is 0 Å². The summed E-state index contributed by atoms with van der Waals surface area (Å²) in [4.78, 5) is 17.9. The number of anilines is 1. The fourth-order valence-electron chi connectivity index (χ4n) is 2.43. The van der Waals surface area contributed by atoms with Gasteiger partial charge in [0.05, 0.1) is 24.5 Å². The molecule has 1 unspecified atom stereocenters. The second-order valence-electron chi connectivity index (χ2n) is 4.70. The van der Waals surface area contributed by atoms with Crippen molar-refractivity contribution in [3.8, 4) is 0 Å². The van der Waals surface area contributed by atoms with E-state index in [9.17, 15) is 9.90 Å². The molecule has 0 radical (unpaired) electrons. The zero-order valence-corrected chi connectivity index (χ0v) is 10.8. The van der Waals surface area contributed by atoms with Crippen molar-refractivity contribution in [2.24, 2.45) is 0 Å². The third-order valence-corrected chi connectivity index (χ3v) is 3.52. The first kappa shape index (κ1) is 13.0. The Morgan fingerprint density at radius 2 is 2.33 bits per heavy atom. The van der Waals surface area contributed by atoms with Crippen LogP contribution in [-0.2, 0) is 0 Å². The van der Waals surface area contributed by atoms with Crippen LogP contribution in [0.15, 0.2) is 18.3 Å². The summed E-state index contributed by atoms with van der Waals surface area (Å²) >= 11 is 0. The normalized spacial score (nSPS) is 19.9. The standard InChI is InChI=1S/C14H20N2O2/c1-2-14(18)13-7-6-11(9-15-13)16-8-4-3-5-12(16)10-17/h6-7,9,12,17H,2-5,8,10H2,1H3. The third-order valence-electron chi connectivity index (χ3n) is 3.52. The molecule has 2 rings (SSSR count). The first-order valence-electron chi connectivity index (χ1n) is 6.63. The summed E-state index contributed by atoms with van der Waals surface area (Å²) in [5.41, 5.74) is 1.53. The van der Waals surface area contributed by atoms with E-state index in [1.807, 2.05) is 13.0 Å². The summed E-state index contributed by atoms with van der Waals surface area (Å²) in [6, 6.07) is 3.90. The molecule has 2 heterocycles. The van der Waals surface area contributed by atoms with Crippen LogP contribution in [0.4, 0.5) is 5.69 Å². The van der Waals surface area contributed by atoms with Gasteiger partial charge in [-0.15, -0.1) is 0 Å². The number of ketones is 1. The van der Waals surface area contributed by atoms with Crippen molar-refractivity contribution in [3.63, 3.8) is 0 Å². The molecular weight excluding hydrogens is 228 g/mol. The predicted molar refractivity (Wildman–Crippen MR) is 70.9 cm³/mol. The maximum absolute atomic E-state index is 11.5. The first-order chi connectivity index (χ1) is 8.76. The van der Waals surface area contributed by atoms with Crippen LogP contribution in [-0.4, -0.2) is 35.1 Å². The molecule has 1 aromatic rings. The van der Waals surface area contributed by atoms with Crippen molar-refractivity contribution in [3.05, 3.63) is 24.0 Å². The number of carbonyl (C=O) groups is 1. The Hall–Kier alpha value is -1.42. The molecule has 0 amide bonds. The van der Waals surface area contributed by atoms with Gasteiger partial charge in [-0.05, 0) is 31.4 Å². The molecule has 0 bridgehead atoms. The van der Waals surface area contributed by atoms with Gasteiger partial charge >= 0.3 is 0 Å². The number of hydrogen-bond donors (Lipinski definition) is 1. The lowest BCUT2D eigenvalue weighted by Crippen LogP contribution is -2.41. The van der Waals surface area contributed by atoms with Gasteiger partial charge in [-0.2, -0.15) is 0 Å². The number of aliphatic hydroxyl groups is 1. The molecule has 1 aliphatic heterocycles. The second kappa shape index (κ2) is 5.96. The number of hydrogen-bond acceptors (Lipinski definition) is 4. The van der Waals surface area contributed by atoms with E-state index in [2.05, 4.69) is 9.88 Å². The van der Waals surface area contributed by atoms with Gasteiger partial charge in [-0.25, -0.2) is 0 Å². The Kier molecular flexibility index (Phi) is 4.31. The van der Waals surface area contributed by atoms with E-state index < -0.39 is 0 Å². The minimum atomic E-state index is 0.0684. The molecule has 1 aliphatic rings. The first-order valence-corrected chi connectivity index (χ1v) is 6.63. The molecular formula is C14H20N2O2. The SMILES string of the molecule is CCC(=O)c1ccc(N2CCCCC2CO)cn1. The van der Waals surface area contributed by atoms with Gasteiger partial charge < -0.3 is 10.0 Å². The number of Topliss-reactive ketones (excluding diaryl/α,β-unsaturated/α-hetero) is 1. The lowest BCUT2D eigenvalue weighted by molar-refractivity contribution is 0.0983. The van der Waals surface area contributed by atoms with Gasteiger partial charge in [0.1, 0.15) is 5.69 Å². The minimum Gasteiger partial charge on any atom is -0.394 e. The number of nitrogens with zero attached hydrogens (tertiary/aromatic N) is 2. The highest BCUT2D eigenvalue weighted by Crippen LogP contribution is 2.24. The quantitative estimate of drug-likeness (QED) is 0.828. The highest BCUT2D eigenvalue weighted by Gasteiger charge is 2.22. The van der Waals surface area contributed by atoms with E-state index in [4.69, 9.17) is 0 Å². The van der Waals surface area contributed by atoms with Crippen LogP contribution < -0.4 is 4.90 Å². The van der Waals surface area contributed by atoms with E-state index in [0.717, 1.165) is 25.1 Å². The van der Waals surface area contributed by atoms with E-state index in [-0.39, 0.29) is 18.4 Å². The van der Waals surface area contributed by atoms with Gasteiger partial charge in [0, 0.05) is 13.0 Å². The summed E-state index contributed by atoms with van der Waals surface area (Å²) in [5, 5.41) is 9.39. The Bertz CT molecular complexity index is 403. The predicted octanol–water partition coefficient (Wildman–Crippen LogP) is 2.03. The van der Waals surface area contributed by atoms with Crippen molar-refractivity contribution >= 4 is 11.5 Å². The Labute approximate surface area is 108 Å². The molecule has 0 aromatic carbocycles. The van der Waals surface area contributed by atoms with Crippen LogP contribution in [0.1, 0.15) is 43.1 Å². The molecule has 1 atom stereocenters. The highest BCUT2D eigenvalue weighted by molar-refractivity contribution is 5.94. The van der Waals surface area contributed by atoms with Crippen molar-refractivity contribution in [2.75, 3.05) is 18.1 Å². The molecule has 1 saturated heterocycles. The topological polar surface area (TPSA) is 53.4 Å². The highest BCUT2D eigenvalue weighted by atomic mass is 16.3. The van der Waals surface area contributed by atoms with E-state index >= 15 is 0 Å². The van der Waals surface area contributed by atoms with Crippen LogP contribution in [0, 0.1) is 0 Å². The van der Waals surface area contributed by atoms with Gasteiger partial charge in [-0.3, -0.25) is 9.78 Å². The maximum Gasteiger partial charge on any atom is 0.180 e. The molecule has 1 N–H and O–H groups in total. The number of carbonyl (C=O) groups excluding carboxylic acids is 1. The van der Waals surface area contributed by atoms with Gasteiger partial charge in [0.15, 0.2) is 5.78 Å². The molecule has 4 heteroatoms. The number of pyridine rings is 1. The van der Waals surface area contributed by atoms with Crippen molar-refractivity contribution in [2.45, 2.75) is 38.6 Å². The molecule has 1 fully saturated rings.